The first-order chi connectivity index (χ1) is 12.6. The van der Waals surface area contributed by atoms with Gasteiger partial charge in [0.2, 0.25) is 5.91 Å². The number of carbonyl (C=O) groups excluding carboxylic acids is 1. The summed E-state index contributed by atoms with van der Waals surface area (Å²) in [5, 5.41) is 6.15. The van der Waals surface area contributed by atoms with E-state index < -0.39 is 0 Å². The second-order valence-corrected chi connectivity index (χ2v) is 6.68. The van der Waals surface area contributed by atoms with E-state index in [0.717, 1.165) is 10.6 Å². The van der Waals surface area contributed by atoms with Crippen LogP contribution >= 0.6 is 22.9 Å². The zero-order chi connectivity index (χ0) is 18.5. The van der Waals surface area contributed by atoms with Gasteiger partial charge < -0.3 is 14.8 Å². The summed E-state index contributed by atoms with van der Waals surface area (Å²) in [5.41, 5.74) is 2.20. The van der Waals surface area contributed by atoms with E-state index in [4.69, 9.17) is 21.1 Å². The van der Waals surface area contributed by atoms with Gasteiger partial charge in [-0.15, -0.1) is 11.3 Å². The zero-order valence-electron chi connectivity index (χ0n) is 14.3. The molecule has 0 unspecified atom stereocenters. The fourth-order valence-corrected chi connectivity index (χ4v) is 3.57. The van der Waals surface area contributed by atoms with Crippen molar-refractivity contribution in [3.8, 4) is 22.1 Å². The summed E-state index contributed by atoms with van der Waals surface area (Å²) in [4.78, 5) is 16.8. The van der Waals surface area contributed by atoms with E-state index in [1.54, 1.807) is 32.4 Å². The molecule has 1 heterocycles. The van der Waals surface area contributed by atoms with Crippen molar-refractivity contribution in [1.82, 2.24) is 4.98 Å². The number of nitrogens with one attached hydrogen (secondary N) is 1. The van der Waals surface area contributed by atoms with Crippen LogP contribution in [0.15, 0.2) is 47.8 Å². The number of methoxy groups -OCH3 is 2. The van der Waals surface area contributed by atoms with Gasteiger partial charge in [0.05, 0.1) is 31.4 Å². The highest BCUT2D eigenvalue weighted by molar-refractivity contribution is 7.13. The number of nitrogens with zero attached hydrogens (tertiary/aromatic N) is 1. The SMILES string of the molecule is COc1ccc(NC(=O)Cc2csc(-c3ccccc3Cl)n2)cc1OC. The van der Waals surface area contributed by atoms with Crippen molar-refractivity contribution in [2.45, 2.75) is 6.42 Å². The lowest BCUT2D eigenvalue weighted by atomic mass is 10.2. The maximum atomic E-state index is 12.3. The molecule has 0 spiro atoms. The second-order valence-electron chi connectivity index (χ2n) is 5.42. The number of halogens is 1. The van der Waals surface area contributed by atoms with Crippen LogP contribution in [0.5, 0.6) is 11.5 Å². The molecule has 0 fully saturated rings. The Morgan fingerprint density at radius 1 is 1.15 bits per heavy atom. The van der Waals surface area contributed by atoms with Crippen LogP contribution in [0.2, 0.25) is 5.02 Å². The molecule has 26 heavy (non-hydrogen) atoms. The molecule has 0 aliphatic heterocycles. The van der Waals surface area contributed by atoms with Crippen LogP contribution in [0, 0.1) is 0 Å². The highest BCUT2D eigenvalue weighted by Gasteiger charge is 2.12. The maximum Gasteiger partial charge on any atom is 0.230 e. The highest BCUT2D eigenvalue weighted by atomic mass is 35.5. The molecule has 0 atom stereocenters. The first-order valence-electron chi connectivity index (χ1n) is 7.82. The van der Waals surface area contributed by atoms with Gasteiger partial charge in [-0.05, 0) is 18.2 Å². The summed E-state index contributed by atoms with van der Waals surface area (Å²) in [6.45, 7) is 0. The monoisotopic (exact) mass is 388 g/mol. The minimum atomic E-state index is -0.159. The van der Waals surface area contributed by atoms with Crippen LogP contribution in [0.1, 0.15) is 5.69 Å². The number of anilines is 1. The third-order valence-corrected chi connectivity index (χ3v) is 4.92. The third kappa shape index (κ3) is 4.15. The van der Waals surface area contributed by atoms with Crippen LogP contribution in [0.3, 0.4) is 0 Å². The average molecular weight is 389 g/mol. The number of hydrogen-bond donors (Lipinski definition) is 1. The predicted molar refractivity (Wildman–Crippen MR) is 104 cm³/mol. The number of rotatable bonds is 6. The summed E-state index contributed by atoms with van der Waals surface area (Å²) in [6.07, 6.45) is 0.176. The van der Waals surface area contributed by atoms with Gasteiger partial charge in [-0.3, -0.25) is 4.79 Å². The fraction of sp³-hybridized carbons (Fsp3) is 0.158. The summed E-state index contributed by atoms with van der Waals surface area (Å²) in [7, 11) is 3.11. The standard InChI is InChI=1S/C19H17ClN2O3S/c1-24-16-8-7-12(9-17(16)25-2)21-18(23)10-13-11-26-19(22-13)14-5-3-4-6-15(14)20/h3-9,11H,10H2,1-2H3,(H,21,23). The van der Waals surface area contributed by atoms with Crippen LogP contribution in [-0.2, 0) is 11.2 Å². The van der Waals surface area contributed by atoms with E-state index in [2.05, 4.69) is 10.3 Å². The van der Waals surface area contributed by atoms with Gasteiger partial charge in [0.1, 0.15) is 5.01 Å². The number of aromatic nitrogens is 1. The third-order valence-electron chi connectivity index (χ3n) is 3.66. The van der Waals surface area contributed by atoms with Gasteiger partial charge in [0.25, 0.3) is 0 Å². The number of hydrogen-bond acceptors (Lipinski definition) is 5. The van der Waals surface area contributed by atoms with Crippen LogP contribution in [0.25, 0.3) is 10.6 Å². The van der Waals surface area contributed by atoms with Crippen molar-refractivity contribution >= 4 is 34.5 Å². The Bertz CT molecular complexity index is 927. The number of thiazole rings is 1. The fourth-order valence-electron chi connectivity index (χ4n) is 2.43. The Morgan fingerprint density at radius 3 is 2.65 bits per heavy atom. The van der Waals surface area contributed by atoms with Crippen LogP contribution < -0.4 is 14.8 Å². The van der Waals surface area contributed by atoms with Crippen molar-refractivity contribution in [1.29, 1.82) is 0 Å². The van der Waals surface area contributed by atoms with Gasteiger partial charge in [0.15, 0.2) is 11.5 Å². The number of amides is 1. The quantitative estimate of drug-likeness (QED) is 0.667. The van der Waals surface area contributed by atoms with Gasteiger partial charge in [0, 0.05) is 22.7 Å². The molecule has 0 saturated heterocycles. The van der Waals surface area contributed by atoms with E-state index in [-0.39, 0.29) is 12.3 Å². The molecule has 1 N–H and O–H groups in total. The molecule has 1 aromatic heterocycles. The highest BCUT2D eigenvalue weighted by Crippen LogP contribution is 2.31. The summed E-state index contributed by atoms with van der Waals surface area (Å²) in [6, 6.07) is 12.7. The predicted octanol–water partition coefficient (Wildman–Crippen LogP) is 4.66. The molecule has 3 rings (SSSR count). The molecular weight excluding hydrogens is 372 g/mol. The molecule has 0 saturated carbocycles. The Morgan fingerprint density at radius 2 is 1.92 bits per heavy atom. The summed E-state index contributed by atoms with van der Waals surface area (Å²) >= 11 is 7.66. The maximum absolute atomic E-state index is 12.3. The van der Waals surface area contributed by atoms with E-state index in [1.807, 2.05) is 29.6 Å². The molecule has 7 heteroatoms. The molecule has 2 aromatic carbocycles. The minimum absolute atomic E-state index is 0.159. The Labute approximate surface area is 160 Å². The first-order valence-corrected chi connectivity index (χ1v) is 9.07. The number of benzene rings is 2. The van der Waals surface area contributed by atoms with Crippen molar-refractivity contribution in [2.24, 2.45) is 0 Å². The average Bonchev–Trinajstić information content (AvgIpc) is 3.10. The normalized spacial score (nSPS) is 10.4. The van der Waals surface area contributed by atoms with E-state index in [0.29, 0.717) is 27.9 Å². The molecule has 134 valence electrons. The molecule has 5 nitrogen and oxygen atoms in total. The smallest absolute Gasteiger partial charge is 0.230 e. The summed E-state index contributed by atoms with van der Waals surface area (Å²) < 4.78 is 10.4. The van der Waals surface area contributed by atoms with Crippen molar-refractivity contribution in [3.05, 3.63) is 58.6 Å². The van der Waals surface area contributed by atoms with E-state index >= 15 is 0 Å². The lowest BCUT2D eigenvalue weighted by molar-refractivity contribution is -0.115. The second kappa shape index (κ2) is 8.21. The van der Waals surface area contributed by atoms with Crippen molar-refractivity contribution in [2.75, 3.05) is 19.5 Å². The van der Waals surface area contributed by atoms with Gasteiger partial charge >= 0.3 is 0 Å². The number of ether oxygens (including phenoxy) is 2. The molecule has 1 amide bonds. The molecule has 3 aromatic rings. The topological polar surface area (TPSA) is 60.5 Å². The lowest BCUT2D eigenvalue weighted by Gasteiger charge is -2.10. The van der Waals surface area contributed by atoms with E-state index in [1.165, 1.54) is 11.3 Å². The number of carbonyl (C=O) groups is 1. The minimum Gasteiger partial charge on any atom is -0.493 e. The van der Waals surface area contributed by atoms with Crippen LogP contribution in [0.4, 0.5) is 5.69 Å². The van der Waals surface area contributed by atoms with Gasteiger partial charge in [-0.2, -0.15) is 0 Å². The Balaban J connectivity index is 1.68. The molecular formula is C19H17ClN2O3S. The molecule has 0 aliphatic rings. The van der Waals surface area contributed by atoms with Crippen molar-refractivity contribution < 1.29 is 14.3 Å². The molecule has 0 aliphatic carbocycles. The molecule has 0 radical (unpaired) electrons. The van der Waals surface area contributed by atoms with Gasteiger partial charge in [-0.1, -0.05) is 29.8 Å². The Kier molecular flexibility index (Phi) is 5.75. The largest absolute Gasteiger partial charge is 0.493 e. The zero-order valence-corrected chi connectivity index (χ0v) is 15.9. The van der Waals surface area contributed by atoms with Crippen molar-refractivity contribution in [3.63, 3.8) is 0 Å². The lowest BCUT2D eigenvalue weighted by Crippen LogP contribution is -2.14. The van der Waals surface area contributed by atoms with Crippen LogP contribution in [-0.4, -0.2) is 25.1 Å². The molecule has 0 bridgehead atoms. The van der Waals surface area contributed by atoms with Gasteiger partial charge in [-0.25, -0.2) is 4.98 Å². The Hall–Kier alpha value is -2.57. The first kappa shape index (κ1) is 18.2. The summed E-state index contributed by atoms with van der Waals surface area (Å²) in [5.74, 6) is 1.00. The van der Waals surface area contributed by atoms with E-state index in [9.17, 15) is 4.79 Å².